The second-order valence-electron chi connectivity index (χ2n) is 13.1. The third kappa shape index (κ3) is 3.48. The number of nitrogens with one attached hydrogen (secondary N) is 1. The Morgan fingerprint density at radius 2 is 1.10 bits per heavy atom. The quantitative estimate of drug-likeness (QED) is 0.244. The summed E-state index contributed by atoms with van der Waals surface area (Å²) in [6, 6.07) is 45.0. The Morgan fingerprint density at radius 3 is 1.90 bits per heavy atom. The van der Waals surface area contributed by atoms with Gasteiger partial charge in [0.15, 0.2) is 0 Å². The lowest BCUT2D eigenvalue weighted by molar-refractivity contribution is -0.0399. The molecule has 5 aromatic rings. The minimum Gasteiger partial charge on any atom is -0.355 e. The summed E-state index contributed by atoms with van der Waals surface area (Å²) in [5.41, 5.74) is 13.7. The Hall–Kier alpha value is -4.10. The Bertz CT molecular complexity index is 1750. The van der Waals surface area contributed by atoms with Crippen LogP contribution >= 0.6 is 0 Å². The fourth-order valence-corrected chi connectivity index (χ4v) is 9.73. The van der Waals surface area contributed by atoms with Crippen LogP contribution in [0.5, 0.6) is 0 Å². The van der Waals surface area contributed by atoms with Crippen LogP contribution in [0.15, 0.2) is 121 Å². The molecule has 1 nitrogen and oxygen atoms in total. The van der Waals surface area contributed by atoms with Crippen LogP contribution in [0.25, 0.3) is 33.4 Å². The summed E-state index contributed by atoms with van der Waals surface area (Å²) in [5.74, 6) is 3.48. The molecule has 5 aliphatic rings. The molecule has 5 aliphatic carbocycles. The average Bonchev–Trinajstić information content (AvgIpc) is 3.30. The zero-order valence-corrected chi connectivity index (χ0v) is 23.4. The largest absolute Gasteiger partial charge is 0.355 e. The van der Waals surface area contributed by atoms with E-state index in [1.165, 1.54) is 71.2 Å². The van der Waals surface area contributed by atoms with Gasteiger partial charge in [0.2, 0.25) is 0 Å². The SMILES string of the molecule is c1ccc(-c2cccc(-c3ccccc3Nc3ccc4c(c3)C3(c5ccccc5-4)C4CC5CC(C4)CC3C5)c2)cc1. The van der Waals surface area contributed by atoms with Crippen molar-refractivity contribution in [1.29, 1.82) is 0 Å². The Labute approximate surface area is 243 Å². The van der Waals surface area contributed by atoms with Gasteiger partial charge in [-0.1, -0.05) is 97.1 Å². The first kappa shape index (κ1) is 23.6. The van der Waals surface area contributed by atoms with Crippen LogP contribution in [0.3, 0.4) is 0 Å². The van der Waals surface area contributed by atoms with Gasteiger partial charge in [0.25, 0.3) is 0 Å². The summed E-state index contributed by atoms with van der Waals surface area (Å²) < 4.78 is 0. The van der Waals surface area contributed by atoms with Gasteiger partial charge in [-0.3, -0.25) is 0 Å². The first-order valence-corrected chi connectivity index (χ1v) is 15.5. The molecule has 4 fully saturated rings. The maximum Gasteiger partial charge on any atom is 0.0463 e. The molecule has 10 rings (SSSR count). The fourth-order valence-electron chi connectivity index (χ4n) is 9.73. The van der Waals surface area contributed by atoms with Crippen molar-refractivity contribution >= 4 is 11.4 Å². The van der Waals surface area contributed by atoms with Crippen LogP contribution in [0, 0.1) is 23.7 Å². The molecular weight excluding hydrogens is 494 g/mol. The van der Waals surface area contributed by atoms with Crippen LogP contribution < -0.4 is 5.32 Å². The number of hydrogen-bond acceptors (Lipinski definition) is 1. The molecule has 0 atom stereocenters. The molecule has 4 saturated carbocycles. The summed E-state index contributed by atoms with van der Waals surface area (Å²) in [5, 5.41) is 3.89. The molecule has 0 heterocycles. The van der Waals surface area contributed by atoms with E-state index in [2.05, 4.69) is 127 Å². The number of para-hydroxylation sites is 1. The van der Waals surface area contributed by atoms with Crippen LogP contribution in [-0.2, 0) is 5.41 Å². The van der Waals surface area contributed by atoms with E-state index in [0.717, 1.165) is 29.4 Å². The van der Waals surface area contributed by atoms with E-state index in [1.54, 1.807) is 11.1 Å². The van der Waals surface area contributed by atoms with Gasteiger partial charge >= 0.3 is 0 Å². The molecule has 1 heteroatoms. The van der Waals surface area contributed by atoms with Crippen LogP contribution in [0.2, 0.25) is 0 Å². The molecule has 5 aromatic carbocycles. The van der Waals surface area contributed by atoms with E-state index in [1.807, 2.05) is 0 Å². The van der Waals surface area contributed by atoms with E-state index in [4.69, 9.17) is 0 Å². The summed E-state index contributed by atoms with van der Waals surface area (Å²) in [6.45, 7) is 0. The highest BCUT2D eigenvalue weighted by molar-refractivity contribution is 5.87. The van der Waals surface area contributed by atoms with Crippen molar-refractivity contribution in [2.45, 2.75) is 37.5 Å². The summed E-state index contributed by atoms with van der Waals surface area (Å²) in [4.78, 5) is 0. The molecule has 4 bridgehead atoms. The Balaban J connectivity index is 1.13. The Kier molecular flexibility index (Phi) is 5.15. The van der Waals surface area contributed by atoms with Crippen LogP contribution in [-0.4, -0.2) is 0 Å². The van der Waals surface area contributed by atoms with E-state index in [9.17, 15) is 0 Å². The molecule has 0 radical (unpaired) electrons. The first-order chi connectivity index (χ1) is 20.3. The van der Waals surface area contributed by atoms with Crippen molar-refractivity contribution < 1.29 is 0 Å². The van der Waals surface area contributed by atoms with Gasteiger partial charge in [-0.2, -0.15) is 0 Å². The second-order valence-corrected chi connectivity index (χ2v) is 13.1. The average molecular weight is 530 g/mol. The number of anilines is 2. The van der Waals surface area contributed by atoms with E-state index >= 15 is 0 Å². The molecule has 1 spiro atoms. The molecule has 0 amide bonds. The molecule has 0 aromatic heterocycles. The molecule has 0 aliphatic heterocycles. The van der Waals surface area contributed by atoms with Gasteiger partial charge in [-0.15, -0.1) is 0 Å². The minimum atomic E-state index is 0.195. The topological polar surface area (TPSA) is 12.0 Å². The monoisotopic (exact) mass is 529 g/mol. The van der Waals surface area contributed by atoms with Crippen molar-refractivity contribution in [3.05, 3.63) is 132 Å². The molecule has 0 saturated heterocycles. The van der Waals surface area contributed by atoms with Gasteiger partial charge in [0, 0.05) is 22.4 Å². The lowest BCUT2D eigenvalue weighted by atomic mass is 9.43. The van der Waals surface area contributed by atoms with Crippen molar-refractivity contribution in [1.82, 2.24) is 0 Å². The summed E-state index contributed by atoms with van der Waals surface area (Å²) in [6.07, 6.45) is 7.15. The van der Waals surface area contributed by atoms with Crippen molar-refractivity contribution in [2.75, 3.05) is 5.32 Å². The highest BCUT2D eigenvalue weighted by atomic mass is 14.9. The number of hydrogen-bond donors (Lipinski definition) is 1. The lowest BCUT2D eigenvalue weighted by Gasteiger charge is -2.61. The van der Waals surface area contributed by atoms with Gasteiger partial charge in [0.05, 0.1) is 0 Å². The third-order valence-corrected chi connectivity index (χ3v) is 11.0. The van der Waals surface area contributed by atoms with E-state index in [0.29, 0.717) is 0 Å². The lowest BCUT2D eigenvalue weighted by Crippen LogP contribution is -2.55. The highest BCUT2D eigenvalue weighted by Crippen LogP contribution is 2.69. The third-order valence-electron chi connectivity index (χ3n) is 11.0. The maximum absolute atomic E-state index is 3.89. The number of rotatable bonds is 4. The van der Waals surface area contributed by atoms with Crippen LogP contribution in [0.1, 0.15) is 43.2 Å². The predicted octanol–water partition coefficient (Wildman–Crippen LogP) is 10.5. The second kappa shape index (κ2) is 8.95. The zero-order chi connectivity index (χ0) is 27.0. The molecule has 0 unspecified atom stereocenters. The van der Waals surface area contributed by atoms with Gasteiger partial charge < -0.3 is 5.32 Å². The normalized spacial score (nSPS) is 26.6. The standard InChI is InChI=1S/C40H35N/c1-2-9-28(10-3-1)29-11-8-12-30(24-29)34-13-5-7-16-39(34)41-33-17-18-36-35-14-4-6-15-37(35)40(38(36)25-33)31-20-26-19-27(22-31)23-32(40)21-26/h1-18,24-27,31-32,41H,19-23H2. The van der Waals surface area contributed by atoms with Gasteiger partial charge in [-0.25, -0.2) is 0 Å². The van der Waals surface area contributed by atoms with Gasteiger partial charge in [-0.05, 0) is 119 Å². The molecule has 41 heavy (non-hydrogen) atoms. The van der Waals surface area contributed by atoms with E-state index < -0.39 is 0 Å². The Morgan fingerprint density at radius 1 is 0.463 bits per heavy atom. The predicted molar refractivity (Wildman–Crippen MR) is 170 cm³/mol. The smallest absolute Gasteiger partial charge is 0.0463 e. The number of fused-ring (bicyclic) bond motifs is 3. The van der Waals surface area contributed by atoms with Crippen molar-refractivity contribution in [3.63, 3.8) is 0 Å². The fraction of sp³-hybridized carbons (Fsp3) is 0.250. The summed E-state index contributed by atoms with van der Waals surface area (Å²) in [7, 11) is 0. The molecule has 1 N–H and O–H groups in total. The molecule has 200 valence electrons. The summed E-state index contributed by atoms with van der Waals surface area (Å²) >= 11 is 0. The zero-order valence-electron chi connectivity index (χ0n) is 23.4. The van der Waals surface area contributed by atoms with Crippen LogP contribution in [0.4, 0.5) is 11.4 Å². The molecular formula is C40H35N. The van der Waals surface area contributed by atoms with Crippen molar-refractivity contribution in [2.24, 2.45) is 23.7 Å². The maximum atomic E-state index is 3.89. The minimum absolute atomic E-state index is 0.195. The first-order valence-electron chi connectivity index (χ1n) is 15.5. The highest BCUT2D eigenvalue weighted by Gasteiger charge is 2.61. The van der Waals surface area contributed by atoms with Crippen molar-refractivity contribution in [3.8, 4) is 33.4 Å². The van der Waals surface area contributed by atoms with E-state index in [-0.39, 0.29) is 5.41 Å². The van der Waals surface area contributed by atoms with Gasteiger partial charge in [0.1, 0.15) is 0 Å². The number of benzene rings is 5.